The van der Waals surface area contributed by atoms with E-state index in [1.54, 1.807) is 11.8 Å². The van der Waals surface area contributed by atoms with Crippen LogP contribution in [0.3, 0.4) is 0 Å². The molecule has 2 aliphatic heterocycles. The summed E-state index contributed by atoms with van der Waals surface area (Å²) in [6.07, 6.45) is 2.80. The van der Waals surface area contributed by atoms with Crippen LogP contribution in [0, 0.1) is 0 Å². The molecule has 5 unspecified atom stereocenters. The van der Waals surface area contributed by atoms with Gasteiger partial charge in [0.05, 0.1) is 23.6 Å². The Morgan fingerprint density at radius 1 is 0.812 bits per heavy atom. The highest BCUT2D eigenvalue weighted by Crippen LogP contribution is 2.31. The van der Waals surface area contributed by atoms with Crippen LogP contribution in [0.1, 0.15) is 56.6 Å². The van der Waals surface area contributed by atoms with E-state index in [0.29, 0.717) is 38.8 Å². The molecule has 0 aliphatic carbocycles. The molecule has 0 saturated carbocycles. The van der Waals surface area contributed by atoms with Gasteiger partial charge in [-0.1, -0.05) is 67.6 Å². The van der Waals surface area contributed by atoms with E-state index in [-0.39, 0.29) is 77.0 Å². The highest BCUT2D eigenvalue weighted by atomic mass is 32.2. The van der Waals surface area contributed by atoms with Gasteiger partial charge < -0.3 is 47.2 Å². The van der Waals surface area contributed by atoms with E-state index in [0.717, 1.165) is 54.8 Å². The monoisotopic (exact) mass is 982 g/mol. The average molecular weight is 983 g/mol. The number of hydrogen-bond donors (Lipinski definition) is 9. The number of nitrogens with one attached hydrogen (secondary N) is 5. The molecule has 5 atom stereocenters. The molecule has 2 aromatic carbocycles. The molecule has 2 aliphatic rings. The number of thiol groups is 2. The number of carboxylic acid groups (broad SMARTS) is 1. The van der Waals surface area contributed by atoms with Crippen molar-refractivity contribution in [2.75, 3.05) is 75.6 Å². The Bertz CT molecular complexity index is 1670. The lowest BCUT2D eigenvalue weighted by Crippen LogP contribution is -2.44. The SMILES string of the molecule is CCCNC(=O)CCC(CN(C)CCSCc1ccccc1)NC(=O)CS.CN(CCSCc1ccccc1)CC(CCC(=O)O)NC(=O)CS.NC(=O)CC1SCC2NC(=O)NC21. The third-order valence-electron chi connectivity index (χ3n) is 9.88. The standard InChI is InChI=1S/C20H33N3O2S2.C17H26N2O3S2.C7H11N3O2S/c1-3-11-21-19(24)10-9-18(22-20(25)15-26)14-23(2)12-13-27-16-17-7-5-4-6-8-17;1-19(9-10-24-13-14-5-3-2-4-6-14)11-15(7-8-17(21)22)18-16(20)12-23;8-5(11)1-4-6-3(2-13-4)9-7(12)10-6/h4-8,18,26H,3,9-16H2,1-2H3,(H,21,24)(H,22,25);2-6,15,23H,7-13H2,1H3,(H,18,20)(H,21,22);3-4,6H,1-2H2,(H2,8,11)(H2,9,10,12). The first kappa shape index (κ1) is 56.9. The van der Waals surface area contributed by atoms with Gasteiger partial charge in [0.15, 0.2) is 0 Å². The van der Waals surface area contributed by atoms with Crippen molar-refractivity contribution in [2.24, 2.45) is 5.73 Å². The lowest BCUT2D eigenvalue weighted by Gasteiger charge is -2.25. The minimum absolute atomic E-state index is 0.0406. The molecular weight excluding hydrogens is 913 g/mol. The Labute approximate surface area is 403 Å². The summed E-state index contributed by atoms with van der Waals surface area (Å²) < 4.78 is 0. The highest BCUT2D eigenvalue weighted by molar-refractivity contribution is 8.00. The molecule has 8 N–H and O–H groups in total. The summed E-state index contributed by atoms with van der Waals surface area (Å²) >= 11 is 13.4. The van der Waals surface area contributed by atoms with Crippen molar-refractivity contribution in [3.63, 3.8) is 0 Å². The lowest BCUT2D eigenvalue weighted by atomic mass is 10.1. The van der Waals surface area contributed by atoms with Gasteiger partial charge in [0.1, 0.15) is 0 Å². The smallest absolute Gasteiger partial charge is 0.315 e. The summed E-state index contributed by atoms with van der Waals surface area (Å²) in [5, 5.41) is 23.3. The number of nitrogens with zero attached hydrogens (tertiary/aromatic N) is 2. The van der Waals surface area contributed by atoms with E-state index in [9.17, 15) is 28.8 Å². The van der Waals surface area contributed by atoms with Gasteiger partial charge in [0.2, 0.25) is 23.6 Å². The zero-order valence-corrected chi connectivity index (χ0v) is 41.6. The number of rotatable bonds is 28. The Morgan fingerprint density at radius 2 is 1.31 bits per heavy atom. The van der Waals surface area contributed by atoms with Crippen LogP contribution in [0.4, 0.5) is 4.79 Å². The topological polar surface area (TPSA) is 215 Å². The molecule has 2 saturated heterocycles. The molecule has 20 heteroatoms. The molecular formula is C44H70N8O7S5. The molecule has 358 valence electrons. The van der Waals surface area contributed by atoms with Crippen LogP contribution < -0.4 is 32.3 Å². The van der Waals surface area contributed by atoms with Crippen LogP contribution in [0.25, 0.3) is 0 Å². The minimum atomic E-state index is -0.846. The van der Waals surface area contributed by atoms with Crippen molar-refractivity contribution in [3.05, 3.63) is 71.8 Å². The molecule has 2 fully saturated rings. The zero-order valence-electron chi connectivity index (χ0n) is 37.4. The van der Waals surface area contributed by atoms with Crippen molar-refractivity contribution >= 4 is 96.2 Å². The number of nitrogens with two attached hydrogens (primary N) is 1. The first-order valence-corrected chi connectivity index (χ1v) is 26.2. The van der Waals surface area contributed by atoms with Gasteiger partial charge in [-0.05, 0) is 44.5 Å². The van der Waals surface area contributed by atoms with Gasteiger partial charge in [0, 0.05) is 98.1 Å². The number of carbonyl (C=O) groups is 6. The van der Waals surface area contributed by atoms with Crippen molar-refractivity contribution in [1.82, 2.24) is 36.4 Å². The molecule has 0 aromatic heterocycles. The van der Waals surface area contributed by atoms with E-state index >= 15 is 0 Å². The largest absolute Gasteiger partial charge is 0.481 e. The zero-order chi connectivity index (χ0) is 47.1. The van der Waals surface area contributed by atoms with Crippen LogP contribution in [0.2, 0.25) is 0 Å². The third-order valence-corrected chi connectivity index (χ3v) is 13.9. The van der Waals surface area contributed by atoms with Gasteiger partial charge in [-0.3, -0.25) is 24.0 Å². The number of benzene rings is 2. The molecule has 4 rings (SSSR count). The van der Waals surface area contributed by atoms with Gasteiger partial charge in [-0.25, -0.2) is 4.79 Å². The van der Waals surface area contributed by atoms with Gasteiger partial charge in [-0.15, -0.1) is 0 Å². The highest BCUT2D eigenvalue weighted by Gasteiger charge is 2.43. The molecule has 64 heavy (non-hydrogen) atoms. The second kappa shape index (κ2) is 34.1. The van der Waals surface area contributed by atoms with Crippen LogP contribution in [0.15, 0.2) is 60.7 Å². The number of hydrogen-bond acceptors (Lipinski definition) is 13. The Hall–Kier alpha value is -3.27. The summed E-state index contributed by atoms with van der Waals surface area (Å²) in [6.45, 7) is 5.92. The second-order valence-electron chi connectivity index (χ2n) is 15.6. The van der Waals surface area contributed by atoms with Crippen molar-refractivity contribution in [3.8, 4) is 0 Å². The number of aliphatic carboxylic acids is 1. The molecule has 2 aromatic rings. The Kier molecular flexibility index (Phi) is 30.3. The second-order valence-corrected chi connectivity index (χ2v) is 19.7. The van der Waals surface area contributed by atoms with Gasteiger partial charge >= 0.3 is 12.0 Å². The summed E-state index contributed by atoms with van der Waals surface area (Å²) in [5.41, 5.74) is 7.75. The van der Waals surface area contributed by atoms with Crippen molar-refractivity contribution in [1.29, 1.82) is 0 Å². The summed E-state index contributed by atoms with van der Waals surface area (Å²) in [6, 6.07) is 20.7. The first-order valence-electron chi connectivity index (χ1n) is 21.6. The van der Waals surface area contributed by atoms with E-state index in [4.69, 9.17) is 10.8 Å². The maximum Gasteiger partial charge on any atom is 0.315 e. The number of amides is 6. The number of carbonyl (C=O) groups excluding carboxylic acids is 5. The van der Waals surface area contributed by atoms with E-state index in [1.165, 1.54) is 11.1 Å². The van der Waals surface area contributed by atoms with E-state index in [1.807, 2.05) is 61.8 Å². The van der Waals surface area contributed by atoms with Crippen molar-refractivity contribution in [2.45, 2.75) is 86.4 Å². The number of carboxylic acids is 1. The van der Waals surface area contributed by atoms with Crippen LogP contribution in [-0.2, 0) is 35.5 Å². The summed E-state index contributed by atoms with van der Waals surface area (Å²) in [5.74, 6) is 3.76. The predicted octanol–water partition coefficient (Wildman–Crippen LogP) is 3.73. The number of fused-ring (bicyclic) bond motifs is 1. The Morgan fingerprint density at radius 3 is 1.77 bits per heavy atom. The van der Waals surface area contributed by atoms with E-state index in [2.05, 4.69) is 105 Å². The quantitative estimate of drug-likeness (QED) is 0.0339. The maximum absolute atomic E-state index is 11.8. The van der Waals surface area contributed by atoms with Gasteiger partial charge in [-0.2, -0.15) is 60.5 Å². The molecule has 15 nitrogen and oxygen atoms in total. The summed E-state index contributed by atoms with van der Waals surface area (Å²) in [7, 11) is 4.05. The Balaban J connectivity index is 0.000000348. The predicted molar refractivity (Wildman–Crippen MR) is 270 cm³/mol. The maximum atomic E-state index is 11.8. The van der Waals surface area contributed by atoms with Crippen LogP contribution in [-0.4, -0.2) is 156 Å². The third kappa shape index (κ3) is 26.6. The summed E-state index contributed by atoms with van der Waals surface area (Å²) in [4.78, 5) is 71.8. The number of likely N-dealkylation sites (N-methyl/N-ethyl adjacent to an activating group) is 2. The molecule has 0 spiro atoms. The molecule has 0 radical (unpaired) electrons. The van der Waals surface area contributed by atoms with Crippen LogP contribution in [0.5, 0.6) is 0 Å². The lowest BCUT2D eigenvalue weighted by molar-refractivity contribution is -0.137. The minimum Gasteiger partial charge on any atom is -0.481 e. The van der Waals surface area contributed by atoms with Gasteiger partial charge in [0.25, 0.3) is 0 Å². The van der Waals surface area contributed by atoms with E-state index < -0.39 is 5.97 Å². The molecule has 6 amide bonds. The fourth-order valence-corrected chi connectivity index (χ4v) is 10.3. The molecule has 2 heterocycles. The normalized spacial score (nSPS) is 17.0. The number of thioether (sulfide) groups is 3. The van der Waals surface area contributed by atoms with Crippen molar-refractivity contribution < 1.29 is 33.9 Å². The fourth-order valence-electron chi connectivity index (χ4n) is 6.59. The van der Waals surface area contributed by atoms with Crippen LogP contribution >= 0.6 is 60.5 Å². The average Bonchev–Trinajstić information content (AvgIpc) is 3.83. The number of primary amides is 1. The number of urea groups is 1. The fraction of sp³-hybridized carbons (Fsp3) is 0.591. The molecule has 0 bridgehead atoms. The first-order chi connectivity index (χ1) is 30.7.